The second-order valence-electron chi connectivity index (χ2n) is 5.05. The number of benzene rings is 1. The summed E-state index contributed by atoms with van der Waals surface area (Å²) in [4.78, 5) is 11.5. The summed E-state index contributed by atoms with van der Waals surface area (Å²) in [5.41, 5.74) is 8.18. The molecule has 0 aliphatic heterocycles. The molecule has 1 unspecified atom stereocenters. The summed E-state index contributed by atoms with van der Waals surface area (Å²) in [5.74, 6) is -0.365. The van der Waals surface area contributed by atoms with Crippen molar-refractivity contribution in [2.75, 3.05) is 7.11 Å². The molecule has 108 valence electrons. The van der Waals surface area contributed by atoms with Crippen LogP contribution in [0, 0.1) is 0 Å². The number of rotatable bonds is 6. The van der Waals surface area contributed by atoms with Crippen molar-refractivity contribution in [3.8, 4) is 0 Å². The molecule has 1 atom stereocenters. The molecule has 2 aromatic rings. The smallest absolute Gasteiger partial charge is 0.322 e. The van der Waals surface area contributed by atoms with Crippen molar-refractivity contribution in [3.63, 3.8) is 0 Å². The zero-order valence-electron chi connectivity index (χ0n) is 12.1. The van der Waals surface area contributed by atoms with Gasteiger partial charge < -0.3 is 15.0 Å². The van der Waals surface area contributed by atoms with Crippen molar-refractivity contribution >= 4 is 16.9 Å². The van der Waals surface area contributed by atoms with Crippen LogP contribution >= 0.6 is 0 Å². The van der Waals surface area contributed by atoms with E-state index in [9.17, 15) is 4.79 Å². The van der Waals surface area contributed by atoms with Gasteiger partial charge in [0.05, 0.1) is 7.11 Å². The molecule has 0 amide bonds. The van der Waals surface area contributed by atoms with Gasteiger partial charge in [0.15, 0.2) is 0 Å². The predicted octanol–water partition coefficient (Wildman–Crippen LogP) is 2.48. The molecular weight excluding hydrogens is 252 g/mol. The second-order valence-corrected chi connectivity index (χ2v) is 5.05. The Hall–Kier alpha value is -1.81. The van der Waals surface area contributed by atoms with Crippen LogP contribution in [-0.2, 0) is 22.5 Å². The monoisotopic (exact) mass is 274 g/mol. The maximum Gasteiger partial charge on any atom is 0.322 e. The molecule has 0 fully saturated rings. The van der Waals surface area contributed by atoms with E-state index >= 15 is 0 Å². The SMILES string of the molecule is CCCCn1cc(CC(N)C(=O)OC)c2ccccc21. The Morgan fingerprint density at radius 1 is 1.40 bits per heavy atom. The van der Waals surface area contributed by atoms with Crippen LogP contribution in [0.15, 0.2) is 30.5 Å². The van der Waals surface area contributed by atoms with E-state index in [-0.39, 0.29) is 5.97 Å². The van der Waals surface area contributed by atoms with Gasteiger partial charge in [-0.15, -0.1) is 0 Å². The number of methoxy groups -OCH3 is 1. The van der Waals surface area contributed by atoms with E-state index in [1.54, 1.807) is 0 Å². The van der Waals surface area contributed by atoms with Crippen LogP contribution in [0.3, 0.4) is 0 Å². The fourth-order valence-electron chi connectivity index (χ4n) is 2.47. The first kappa shape index (κ1) is 14.6. The molecule has 0 radical (unpaired) electrons. The van der Waals surface area contributed by atoms with Crippen LogP contribution in [0.1, 0.15) is 25.3 Å². The van der Waals surface area contributed by atoms with E-state index in [0.29, 0.717) is 6.42 Å². The van der Waals surface area contributed by atoms with Crippen molar-refractivity contribution in [2.45, 2.75) is 38.8 Å². The number of esters is 1. The first-order chi connectivity index (χ1) is 9.67. The van der Waals surface area contributed by atoms with Crippen molar-refractivity contribution in [2.24, 2.45) is 5.73 Å². The lowest BCUT2D eigenvalue weighted by Gasteiger charge is -2.07. The van der Waals surface area contributed by atoms with Crippen LogP contribution in [0.5, 0.6) is 0 Å². The van der Waals surface area contributed by atoms with Gasteiger partial charge in [0.1, 0.15) is 6.04 Å². The molecule has 1 aromatic carbocycles. The molecule has 0 saturated heterocycles. The predicted molar refractivity (Wildman–Crippen MR) is 80.5 cm³/mol. The number of fused-ring (bicyclic) bond motifs is 1. The molecular formula is C16H22N2O2. The first-order valence-electron chi connectivity index (χ1n) is 7.07. The molecule has 20 heavy (non-hydrogen) atoms. The molecule has 0 saturated carbocycles. The van der Waals surface area contributed by atoms with Crippen LogP contribution in [-0.4, -0.2) is 23.7 Å². The normalized spacial score (nSPS) is 12.6. The van der Waals surface area contributed by atoms with Crippen molar-refractivity contribution < 1.29 is 9.53 Å². The van der Waals surface area contributed by atoms with Crippen LogP contribution < -0.4 is 5.73 Å². The summed E-state index contributed by atoms with van der Waals surface area (Å²) in [6.45, 7) is 3.17. The Morgan fingerprint density at radius 3 is 2.85 bits per heavy atom. The number of para-hydroxylation sites is 1. The maximum atomic E-state index is 11.5. The molecule has 1 heterocycles. The van der Waals surface area contributed by atoms with Gasteiger partial charge in [0, 0.05) is 30.1 Å². The molecule has 2 rings (SSSR count). The van der Waals surface area contributed by atoms with Gasteiger partial charge in [-0.1, -0.05) is 31.5 Å². The minimum atomic E-state index is -0.606. The molecule has 0 aliphatic carbocycles. The molecule has 1 aromatic heterocycles. The molecule has 0 bridgehead atoms. The summed E-state index contributed by atoms with van der Waals surface area (Å²) in [5, 5.41) is 1.17. The first-order valence-corrected chi connectivity index (χ1v) is 7.07. The molecule has 4 nitrogen and oxygen atoms in total. The lowest BCUT2D eigenvalue weighted by atomic mass is 10.1. The zero-order chi connectivity index (χ0) is 14.5. The number of carbonyl (C=O) groups excluding carboxylic acids is 1. The summed E-state index contributed by atoms with van der Waals surface area (Å²) >= 11 is 0. The highest BCUT2D eigenvalue weighted by molar-refractivity contribution is 5.85. The van der Waals surface area contributed by atoms with Gasteiger partial charge in [0.2, 0.25) is 0 Å². The number of nitrogens with two attached hydrogens (primary N) is 1. The standard InChI is InChI=1S/C16H22N2O2/c1-3-4-9-18-11-12(10-14(17)16(19)20-2)13-7-5-6-8-15(13)18/h5-8,11,14H,3-4,9-10,17H2,1-2H3. The van der Waals surface area contributed by atoms with E-state index in [4.69, 9.17) is 10.5 Å². The van der Waals surface area contributed by atoms with Gasteiger partial charge >= 0.3 is 5.97 Å². The van der Waals surface area contributed by atoms with E-state index in [1.807, 2.05) is 12.1 Å². The number of ether oxygens (including phenoxy) is 1. The summed E-state index contributed by atoms with van der Waals surface area (Å²) < 4.78 is 6.95. The average molecular weight is 274 g/mol. The van der Waals surface area contributed by atoms with E-state index < -0.39 is 6.04 Å². The van der Waals surface area contributed by atoms with Gasteiger partial charge in [-0.3, -0.25) is 4.79 Å². The third-order valence-electron chi connectivity index (χ3n) is 3.57. The van der Waals surface area contributed by atoms with Gasteiger partial charge in [0.25, 0.3) is 0 Å². The zero-order valence-corrected chi connectivity index (χ0v) is 12.1. The van der Waals surface area contributed by atoms with E-state index in [1.165, 1.54) is 18.0 Å². The highest BCUT2D eigenvalue weighted by Crippen LogP contribution is 2.23. The van der Waals surface area contributed by atoms with Gasteiger partial charge in [-0.2, -0.15) is 0 Å². The average Bonchev–Trinajstić information content (AvgIpc) is 2.82. The summed E-state index contributed by atoms with van der Waals surface area (Å²) in [7, 11) is 1.37. The Bertz CT molecular complexity index is 589. The number of aryl methyl sites for hydroxylation is 1. The van der Waals surface area contributed by atoms with E-state index in [2.05, 4.69) is 29.8 Å². The number of unbranched alkanes of at least 4 members (excludes halogenated alkanes) is 1. The van der Waals surface area contributed by atoms with E-state index in [0.717, 1.165) is 24.9 Å². The quantitative estimate of drug-likeness (QED) is 0.823. The fraction of sp³-hybridized carbons (Fsp3) is 0.438. The van der Waals surface area contributed by atoms with Crippen molar-refractivity contribution in [1.29, 1.82) is 0 Å². The van der Waals surface area contributed by atoms with Crippen LogP contribution in [0.4, 0.5) is 0 Å². The Kier molecular flexibility index (Phi) is 4.79. The lowest BCUT2D eigenvalue weighted by molar-refractivity contribution is -0.142. The van der Waals surface area contributed by atoms with Crippen molar-refractivity contribution in [3.05, 3.63) is 36.0 Å². The number of carbonyl (C=O) groups is 1. The van der Waals surface area contributed by atoms with Gasteiger partial charge in [-0.05, 0) is 18.1 Å². The molecule has 2 N–H and O–H groups in total. The number of hydrogen-bond acceptors (Lipinski definition) is 3. The number of nitrogens with zero attached hydrogens (tertiary/aromatic N) is 1. The number of aromatic nitrogens is 1. The van der Waals surface area contributed by atoms with Crippen LogP contribution in [0.2, 0.25) is 0 Å². The Balaban J connectivity index is 2.31. The highest BCUT2D eigenvalue weighted by atomic mass is 16.5. The molecule has 4 heteroatoms. The fourth-order valence-corrected chi connectivity index (χ4v) is 2.47. The molecule has 0 aliphatic rings. The van der Waals surface area contributed by atoms with Gasteiger partial charge in [-0.25, -0.2) is 0 Å². The highest BCUT2D eigenvalue weighted by Gasteiger charge is 2.17. The topological polar surface area (TPSA) is 57.2 Å². The van der Waals surface area contributed by atoms with Crippen LogP contribution in [0.25, 0.3) is 10.9 Å². The lowest BCUT2D eigenvalue weighted by Crippen LogP contribution is -2.33. The Labute approximate surface area is 119 Å². The maximum absolute atomic E-state index is 11.5. The Morgan fingerprint density at radius 2 is 2.15 bits per heavy atom. The second kappa shape index (κ2) is 6.57. The third-order valence-corrected chi connectivity index (χ3v) is 3.57. The summed E-state index contributed by atoms with van der Waals surface area (Å²) in [6.07, 6.45) is 4.92. The molecule has 0 spiro atoms. The minimum absolute atomic E-state index is 0.365. The minimum Gasteiger partial charge on any atom is -0.468 e. The third kappa shape index (κ3) is 3.02. The van der Waals surface area contributed by atoms with Crippen molar-refractivity contribution in [1.82, 2.24) is 4.57 Å². The summed E-state index contributed by atoms with van der Waals surface area (Å²) in [6, 6.07) is 7.63. The largest absolute Gasteiger partial charge is 0.468 e. The number of hydrogen-bond donors (Lipinski definition) is 1.